The van der Waals surface area contributed by atoms with Crippen LogP contribution >= 0.6 is 0 Å². The summed E-state index contributed by atoms with van der Waals surface area (Å²) in [5.74, 6) is -0.241. The maximum Gasteiger partial charge on any atom is 0.271 e. The average molecular weight is 402 g/mol. The number of benzene rings is 3. The van der Waals surface area contributed by atoms with Crippen molar-refractivity contribution >= 4 is 17.8 Å². The molecule has 0 aliphatic rings. The van der Waals surface area contributed by atoms with Crippen molar-refractivity contribution in [1.82, 2.24) is 5.43 Å². The van der Waals surface area contributed by atoms with Crippen molar-refractivity contribution in [2.24, 2.45) is 5.10 Å². The van der Waals surface area contributed by atoms with E-state index in [9.17, 15) is 4.79 Å². The summed E-state index contributed by atoms with van der Waals surface area (Å²) in [7, 11) is 3.92. The average Bonchev–Trinajstić information content (AvgIpc) is 2.75. The maximum absolute atomic E-state index is 12.2. The Morgan fingerprint density at radius 1 is 1.00 bits per heavy atom. The summed E-state index contributed by atoms with van der Waals surface area (Å²) in [5.41, 5.74) is 8.55. The Balaban J connectivity index is 1.52. The van der Waals surface area contributed by atoms with Crippen LogP contribution in [0.2, 0.25) is 0 Å². The van der Waals surface area contributed by atoms with Gasteiger partial charge in [-0.05, 0) is 59.5 Å². The van der Waals surface area contributed by atoms with Gasteiger partial charge in [-0.1, -0.05) is 42.5 Å². The smallest absolute Gasteiger partial charge is 0.271 e. The predicted octanol–water partition coefficient (Wildman–Crippen LogP) is 4.54. The van der Waals surface area contributed by atoms with E-state index in [4.69, 9.17) is 4.74 Å². The fraction of sp³-hybridized carbons (Fsp3) is 0.200. The summed E-state index contributed by atoms with van der Waals surface area (Å²) in [6, 6.07) is 23.5. The summed E-state index contributed by atoms with van der Waals surface area (Å²) < 4.78 is 5.85. The molecule has 0 atom stereocenters. The van der Waals surface area contributed by atoms with Crippen LogP contribution in [0.25, 0.3) is 0 Å². The van der Waals surface area contributed by atoms with Gasteiger partial charge in [-0.3, -0.25) is 4.79 Å². The largest absolute Gasteiger partial charge is 0.378 e. The third kappa shape index (κ3) is 6.03. The summed E-state index contributed by atoms with van der Waals surface area (Å²) in [5, 5.41) is 4.08. The second-order valence-electron chi connectivity index (χ2n) is 7.30. The lowest BCUT2D eigenvalue weighted by Gasteiger charge is -2.12. The highest BCUT2D eigenvalue weighted by molar-refractivity contribution is 5.95. The van der Waals surface area contributed by atoms with Gasteiger partial charge in [0.15, 0.2) is 0 Å². The topological polar surface area (TPSA) is 53.9 Å². The van der Waals surface area contributed by atoms with Gasteiger partial charge >= 0.3 is 0 Å². The fourth-order valence-corrected chi connectivity index (χ4v) is 2.96. The van der Waals surface area contributed by atoms with Crippen LogP contribution in [0.15, 0.2) is 77.9 Å². The highest BCUT2D eigenvalue weighted by atomic mass is 16.5. The van der Waals surface area contributed by atoms with Crippen LogP contribution < -0.4 is 10.3 Å². The highest BCUT2D eigenvalue weighted by Crippen LogP contribution is 2.13. The van der Waals surface area contributed by atoms with E-state index in [-0.39, 0.29) is 5.91 Å². The monoisotopic (exact) mass is 401 g/mol. The quantitative estimate of drug-likeness (QED) is 0.445. The third-order valence-corrected chi connectivity index (χ3v) is 4.76. The molecule has 0 aromatic heterocycles. The van der Waals surface area contributed by atoms with Gasteiger partial charge in [0.2, 0.25) is 0 Å². The molecular weight excluding hydrogens is 374 g/mol. The van der Waals surface area contributed by atoms with Crippen molar-refractivity contribution in [2.45, 2.75) is 20.1 Å². The Kier molecular flexibility index (Phi) is 7.35. The molecule has 0 saturated heterocycles. The number of carbonyl (C=O) groups excluding carboxylic acids is 1. The zero-order chi connectivity index (χ0) is 21.3. The Morgan fingerprint density at radius 3 is 2.50 bits per heavy atom. The number of amides is 1. The van der Waals surface area contributed by atoms with Gasteiger partial charge in [0.1, 0.15) is 0 Å². The van der Waals surface area contributed by atoms with Gasteiger partial charge in [0.25, 0.3) is 5.91 Å². The number of anilines is 1. The van der Waals surface area contributed by atoms with Crippen LogP contribution in [-0.2, 0) is 18.0 Å². The first-order valence-corrected chi connectivity index (χ1v) is 9.85. The number of nitrogens with zero attached hydrogens (tertiary/aromatic N) is 2. The summed E-state index contributed by atoms with van der Waals surface area (Å²) in [6.45, 7) is 3.18. The minimum atomic E-state index is -0.241. The Labute approximate surface area is 178 Å². The second-order valence-corrected chi connectivity index (χ2v) is 7.30. The van der Waals surface area contributed by atoms with E-state index < -0.39 is 0 Å². The fourth-order valence-electron chi connectivity index (χ4n) is 2.96. The molecule has 0 spiro atoms. The van der Waals surface area contributed by atoms with Crippen LogP contribution in [-0.4, -0.2) is 26.2 Å². The number of hydrogen-bond acceptors (Lipinski definition) is 4. The molecule has 3 aromatic rings. The lowest BCUT2D eigenvalue weighted by Crippen LogP contribution is -2.18. The summed E-state index contributed by atoms with van der Waals surface area (Å²) in [6.07, 6.45) is 1.64. The maximum atomic E-state index is 12.2. The van der Waals surface area contributed by atoms with Crippen molar-refractivity contribution in [3.05, 3.63) is 101 Å². The molecule has 5 nitrogen and oxygen atoms in total. The SMILES string of the molecule is Cc1ccccc1COCc1cccc(C=NNC(=O)c2ccc(N(C)C)cc2)c1. The molecule has 0 aliphatic carbocycles. The molecule has 3 rings (SSSR count). The minimum absolute atomic E-state index is 0.241. The standard InChI is InChI=1S/C25H27N3O2/c1-19-7-4-5-10-23(19)18-30-17-21-9-6-8-20(15-21)16-26-27-25(29)22-11-13-24(14-12-22)28(2)3/h4-16H,17-18H2,1-3H3,(H,27,29). The van der Waals surface area contributed by atoms with Crippen LogP contribution in [0, 0.1) is 6.92 Å². The molecule has 0 saturated carbocycles. The van der Waals surface area contributed by atoms with E-state index >= 15 is 0 Å². The number of hydrazone groups is 1. The van der Waals surface area contributed by atoms with Crippen molar-refractivity contribution in [2.75, 3.05) is 19.0 Å². The van der Waals surface area contributed by atoms with Gasteiger partial charge < -0.3 is 9.64 Å². The van der Waals surface area contributed by atoms with E-state index in [1.165, 1.54) is 11.1 Å². The molecule has 3 aromatic carbocycles. The molecule has 0 fully saturated rings. The molecule has 0 unspecified atom stereocenters. The van der Waals surface area contributed by atoms with Gasteiger partial charge in [-0.25, -0.2) is 5.43 Å². The molecule has 0 heterocycles. The van der Waals surface area contributed by atoms with Gasteiger partial charge in [0.05, 0.1) is 19.4 Å². The van der Waals surface area contributed by atoms with Crippen molar-refractivity contribution in [3.8, 4) is 0 Å². The van der Waals surface area contributed by atoms with E-state index in [1.807, 2.05) is 67.5 Å². The molecule has 5 heteroatoms. The van der Waals surface area contributed by atoms with Crippen molar-refractivity contribution in [1.29, 1.82) is 0 Å². The Morgan fingerprint density at radius 2 is 1.77 bits per heavy atom. The van der Waals surface area contributed by atoms with Gasteiger partial charge in [-0.15, -0.1) is 0 Å². The number of ether oxygens (including phenoxy) is 1. The number of hydrogen-bond donors (Lipinski definition) is 1. The van der Waals surface area contributed by atoms with Crippen molar-refractivity contribution < 1.29 is 9.53 Å². The minimum Gasteiger partial charge on any atom is -0.378 e. The van der Waals surface area contributed by atoms with Crippen LogP contribution in [0.5, 0.6) is 0 Å². The second kappa shape index (κ2) is 10.4. The van der Waals surface area contributed by atoms with Gasteiger partial charge in [-0.2, -0.15) is 5.10 Å². The zero-order valence-electron chi connectivity index (χ0n) is 17.6. The normalized spacial score (nSPS) is 10.9. The molecule has 1 N–H and O–H groups in total. The zero-order valence-corrected chi connectivity index (χ0v) is 17.6. The summed E-state index contributed by atoms with van der Waals surface area (Å²) >= 11 is 0. The van der Waals surface area contributed by atoms with E-state index in [0.29, 0.717) is 18.8 Å². The lowest BCUT2D eigenvalue weighted by molar-refractivity contribution is 0.0955. The Hall–Kier alpha value is -3.44. The molecule has 0 radical (unpaired) electrons. The number of aryl methyl sites for hydroxylation is 1. The third-order valence-electron chi connectivity index (χ3n) is 4.76. The molecule has 1 amide bonds. The molecule has 30 heavy (non-hydrogen) atoms. The number of rotatable bonds is 8. The van der Waals surface area contributed by atoms with E-state index in [1.54, 1.807) is 18.3 Å². The lowest BCUT2D eigenvalue weighted by atomic mass is 10.1. The van der Waals surface area contributed by atoms with Crippen LogP contribution in [0.3, 0.4) is 0 Å². The summed E-state index contributed by atoms with van der Waals surface area (Å²) in [4.78, 5) is 14.2. The molecule has 0 aliphatic heterocycles. The van der Waals surface area contributed by atoms with Crippen LogP contribution in [0.4, 0.5) is 5.69 Å². The molecule has 0 bridgehead atoms. The first-order valence-electron chi connectivity index (χ1n) is 9.85. The number of nitrogens with one attached hydrogen (secondary N) is 1. The van der Waals surface area contributed by atoms with E-state index in [0.717, 1.165) is 16.8 Å². The van der Waals surface area contributed by atoms with Crippen LogP contribution in [0.1, 0.15) is 32.6 Å². The molecular formula is C25H27N3O2. The number of carbonyl (C=O) groups is 1. The van der Waals surface area contributed by atoms with Gasteiger partial charge in [0, 0.05) is 25.3 Å². The highest BCUT2D eigenvalue weighted by Gasteiger charge is 2.04. The van der Waals surface area contributed by atoms with E-state index in [2.05, 4.69) is 29.6 Å². The first kappa shape index (κ1) is 21.3. The predicted molar refractivity (Wildman–Crippen MR) is 122 cm³/mol. The van der Waals surface area contributed by atoms with Crippen molar-refractivity contribution in [3.63, 3.8) is 0 Å². The molecule has 154 valence electrons. The Bertz CT molecular complexity index is 1010. The first-order chi connectivity index (χ1) is 14.5.